The van der Waals surface area contributed by atoms with E-state index in [-0.39, 0.29) is 5.69 Å². The molecule has 0 fully saturated rings. The summed E-state index contributed by atoms with van der Waals surface area (Å²) in [5.41, 5.74) is 1.60. The minimum Gasteiger partial charge on any atom is -0.477 e. The molecule has 11 heavy (non-hydrogen) atoms. The minimum absolute atomic E-state index is 0.192. The van der Waals surface area contributed by atoms with E-state index in [2.05, 4.69) is 19.5 Å². The second kappa shape index (κ2) is 2.93. The SMILES string of the molecule is Cc1cc(NP)c(C(=O)O)[nH]1. The van der Waals surface area contributed by atoms with E-state index in [1.807, 2.05) is 0 Å². The lowest BCUT2D eigenvalue weighted by Crippen LogP contribution is -1.98. The van der Waals surface area contributed by atoms with Gasteiger partial charge >= 0.3 is 5.97 Å². The Kier molecular flexibility index (Phi) is 2.15. The van der Waals surface area contributed by atoms with Gasteiger partial charge in [-0.2, -0.15) is 0 Å². The van der Waals surface area contributed by atoms with Crippen LogP contribution in [0.3, 0.4) is 0 Å². The standard InChI is InChI=1S/C6H9N2O2P/c1-3-2-4(8-11)5(7-3)6(9)10/h2,7-8H,11H2,1H3,(H,9,10). The number of nitrogens with one attached hydrogen (secondary N) is 2. The number of carbonyl (C=O) groups is 1. The zero-order valence-corrected chi connectivity index (χ0v) is 7.16. The highest BCUT2D eigenvalue weighted by molar-refractivity contribution is 7.18. The van der Waals surface area contributed by atoms with E-state index in [0.717, 1.165) is 5.69 Å². The molecule has 1 atom stereocenters. The zero-order chi connectivity index (χ0) is 8.43. The molecule has 1 unspecified atom stereocenters. The number of carboxylic acids is 1. The molecule has 0 bridgehead atoms. The summed E-state index contributed by atoms with van der Waals surface area (Å²) in [5.74, 6) is -0.956. The summed E-state index contributed by atoms with van der Waals surface area (Å²) in [4.78, 5) is 13.2. The largest absolute Gasteiger partial charge is 0.477 e. The van der Waals surface area contributed by atoms with Crippen molar-refractivity contribution >= 4 is 21.0 Å². The van der Waals surface area contributed by atoms with Gasteiger partial charge in [-0.3, -0.25) is 0 Å². The third-order valence-corrected chi connectivity index (χ3v) is 1.63. The first-order valence-corrected chi connectivity index (χ1v) is 3.62. The summed E-state index contributed by atoms with van der Waals surface area (Å²) < 4.78 is 0. The van der Waals surface area contributed by atoms with Gasteiger partial charge in [0.2, 0.25) is 0 Å². The van der Waals surface area contributed by atoms with Crippen LogP contribution >= 0.6 is 9.39 Å². The van der Waals surface area contributed by atoms with Crippen LogP contribution in [0.4, 0.5) is 5.69 Å². The van der Waals surface area contributed by atoms with Gasteiger partial charge in [0.05, 0.1) is 5.69 Å². The predicted molar refractivity (Wildman–Crippen MR) is 45.8 cm³/mol. The first-order valence-electron chi connectivity index (χ1n) is 3.04. The number of aryl methyl sites for hydroxylation is 1. The van der Waals surface area contributed by atoms with Crippen LogP contribution in [0.5, 0.6) is 0 Å². The molecule has 0 aliphatic heterocycles. The molecule has 4 nitrogen and oxygen atoms in total. The predicted octanol–water partition coefficient (Wildman–Crippen LogP) is 1.22. The number of hydrogen-bond acceptors (Lipinski definition) is 2. The number of aromatic nitrogens is 1. The van der Waals surface area contributed by atoms with Gasteiger partial charge in [-0.1, -0.05) is 0 Å². The normalized spacial score (nSPS) is 9.64. The fourth-order valence-corrected chi connectivity index (χ4v) is 1.10. The Bertz CT molecular complexity index is 282. The molecule has 1 rings (SSSR count). The van der Waals surface area contributed by atoms with Crippen LogP contribution in [0, 0.1) is 6.92 Å². The van der Waals surface area contributed by atoms with E-state index in [0.29, 0.717) is 5.69 Å². The number of aromatic amines is 1. The van der Waals surface area contributed by atoms with Gasteiger partial charge in [0.1, 0.15) is 5.69 Å². The molecule has 3 N–H and O–H groups in total. The summed E-state index contributed by atoms with van der Waals surface area (Å²) >= 11 is 0. The maximum atomic E-state index is 10.5. The van der Waals surface area contributed by atoms with Crippen LogP contribution in [-0.4, -0.2) is 16.1 Å². The summed E-state index contributed by atoms with van der Waals surface area (Å²) in [6.45, 7) is 1.80. The molecule has 1 aromatic heterocycles. The van der Waals surface area contributed by atoms with Crippen LogP contribution in [0.1, 0.15) is 16.2 Å². The maximum Gasteiger partial charge on any atom is 0.354 e. The molecule has 0 spiro atoms. The van der Waals surface area contributed by atoms with E-state index in [9.17, 15) is 4.79 Å². The number of aromatic carboxylic acids is 1. The molecule has 1 heterocycles. The molecule has 0 aliphatic carbocycles. The zero-order valence-electron chi connectivity index (χ0n) is 6.01. The third-order valence-electron chi connectivity index (χ3n) is 1.32. The number of hydrogen-bond donors (Lipinski definition) is 3. The first-order chi connectivity index (χ1) is 5.15. The number of anilines is 1. The smallest absolute Gasteiger partial charge is 0.354 e. The summed E-state index contributed by atoms with van der Waals surface area (Å²) in [6.07, 6.45) is 0. The second-order valence-corrected chi connectivity index (χ2v) is 2.48. The lowest BCUT2D eigenvalue weighted by molar-refractivity contribution is 0.0692. The Morgan fingerprint density at radius 3 is 2.82 bits per heavy atom. The van der Waals surface area contributed by atoms with Crippen molar-refractivity contribution < 1.29 is 9.90 Å². The molecule has 0 aromatic carbocycles. The lowest BCUT2D eigenvalue weighted by atomic mass is 10.4. The van der Waals surface area contributed by atoms with Crippen molar-refractivity contribution in [3.63, 3.8) is 0 Å². The molecule has 5 heteroatoms. The fraction of sp³-hybridized carbons (Fsp3) is 0.167. The van der Waals surface area contributed by atoms with Crippen molar-refractivity contribution in [3.05, 3.63) is 17.5 Å². The van der Waals surface area contributed by atoms with Gasteiger partial charge in [0.15, 0.2) is 0 Å². The monoisotopic (exact) mass is 172 g/mol. The highest BCUT2D eigenvalue weighted by Crippen LogP contribution is 2.17. The molecule has 0 radical (unpaired) electrons. The van der Waals surface area contributed by atoms with Gasteiger partial charge in [0.25, 0.3) is 0 Å². The average molecular weight is 172 g/mol. The average Bonchev–Trinajstić information content (AvgIpc) is 2.30. The summed E-state index contributed by atoms with van der Waals surface area (Å²) in [6, 6.07) is 1.73. The summed E-state index contributed by atoms with van der Waals surface area (Å²) in [5, 5.41) is 11.3. The molecular formula is C6H9N2O2P. The summed E-state index contributed by atoms with van der Waals surface area (Å²) in [7, 11) is 2.25. The highest BCUT2D eigenvalue weighted by atomic mass is 31.0. The van der Waals surface area contributed by atoms with Gasteiger partial charge in [-0.25, -0.2) is 4.79 Å². The van der Waals surface area contributed by atoms with E-state index < -0.39 is 5.97 Å². The Balaban J connectivity index is 3.12. The molecule has 0 aliphatic rings. The van der Waals surface area contributed by atoms with Crippen LogP contribution in [0.15, 0.2) is 6.07 Å². The van der Waals surface area contributed by atoms with Crippen LogP contribution in [0.25, 0.3) is 0 Å². The van der Waals surface area contributed by atoms with Crippen molar-refractivity contribution in [3.8, 4) is 0 Å². The Morgan fingerprint density at radius 1 is 1.82 bits per heavy atom. The van der Waals surface area contributed by atoms with E-state index in [4.69, 9.17) is 5.11 Å². The lowest BCUT2D eigenvalue weighted by Gasteiger charge is -1.95. The van der Waals surface area contributed by atoms with Gasteiger partial charge < -0.3 is 15.2 Å². The molecule has 0 amide bonds. The van der Waals surface area contributed by atoms with Gasteiger partial charge in [0, 0.05) is 5.69 Å². The first kappa shape index (κ1) is 8.08. The second-order valence-electron chi connectivity index (χ2n) is 2.19. The van der Waals surface area contributed by atoms with Crippen molar-refractivity contribution in [1.82, 2.24) is 4.98 Å². The van der Waals surface area contributed by atoms with E-state index in [1.54, 1.807) is 13.0 Å². The number of rotatable bonds is 2. The molecule has 60 valence electrons. The van der Waals surface area contributed by atoms with Crippen LogP contribution in [0.2, 0.25) is 0 Å². The topological polar surface area (TPSA) is 65.1 Å². The van der Waals surface area contributed by atoms with Crippen LogP contribution < -0.4 is 5.09 Å². The molecular weight excluding hydrogens is 163 g/mol. The number of carboxylic acid groups (broad SMARTS) is 1. The van der Waals surface area contributed by atoms with Crippen molar-refractivity contribution in [2.75, 3.05) is 5.09 Å². The van der Waals surface area contributed by atoms with Crippen molar-refractivity contribution in [2.24, 2.45) is 0 Å². The van der Waals surface area contributed by atoms with Crippen molar-refractivity contribution in [1.29, 1.82) is 0 Å². The number of H-pyrrole nitrogens is 1. The highest BCUT2D eigenvalue weighted by Gasteiger charge is 2.10. The van der Waals surface area contributed by atoms with Gasteiger partial charge in [-0.05, 0) is 22.4 Å². The minimum atomic E-state index is -0.956. The van der Waals surface area contributed by atoms with E-state index in [1.165, 1.54) is 0 Å². The van der Waals surface area contributed by atoms with Crippen molar-refractivity contribution in [2.45, 2.75) is 6.92 Å². The molecule has 1 aromatic rings. The maximum absolute atomic E-state index is 10.5. The molecule has 0 saturated carbocycles. The quantitative estimate of drug-likeness (QED) is 0.587. The fourth-order valence-electron chi connectivity index (χ4n) is 0.872. The van der Waals surface area contributed by atoms with Crippen LogP contribution in [-0.2, 0) is 0 Å². The van der Waals surface area contributed by atoms with Gasteiger partial charge in [-0.15, -0.1) is 0 Å². The molecule has 0 saturated heterocycles. The van der Waals surface area contributed by atoms with E-state index >= 15 is 0 Å². The Morgan fingerprint density at radius 2 is 2.45 bits per heavy atom. The Hall–Kier alpha value is -1.02. The Labute approximate surface area is 66.3 Å². The third kappa shape index (κ3) is 1.52.